The highest BCUT2D eigenvalue weighted by Gasteiger charge is 2.57. The largest absolute Gasteiger partial charge is 0.534 e. The molecule has 1 aromatic carbocycles. The zero-order valence-electron chi connectivity index (χ0n) is 20.8. The molecule has 0 aromatic heterocycles. The molecule has 11 nitrogen and oxygen atoms in total. The normalized spacial score (nSPS) is 18.9. The molecule has 1 unspecified atom stereocenters. The number of benzene rings is 1. The van der Waals surface area contributed by atoms with E-state index in [4.69, 9.17) is 14.3 Å². The van der Waals surface area contributed by atoms with Gasteiger partial charge in [0, 0.05) is 18.9 Å². The van der Waals surface area contributed by atoms with Crippen LogP contribution >= 0.6 is 0 Å². The quantitative estimate of drug-likeness (QED) is 0.460. The molecular formula is C22H31N3O8S. The molecule has 0 spiro atoms. The fourth-order valence-corrected chi connectivity index (χ4v) is 3.73. The van der Waals surface area contributed by atoms with Crippen molar-refractivity contribution in [1.29, 1.82) is 0 Å². The summed E-state index contributed by atoms with van der Waals surface area (Å²) in [5.74, 6) is -0.721. The van der Waals surface area contributed by atoms with Crippen molar-refractivity contribution in [3.8, 4) is 0 Å². The molecule has 0 aliphatic carbocycles. The molecule has 12 heteroatoms. The maximum absolute atomic E-state index is 13.3. The van der Waals surface area contributed by atoms with Gasteiger partial charge in [-0.2, -0.15) is 5.10 Å². The maximum atomic E-state index is 13.3. The smallest absolute Gasteiger partial charge is 0.442 e. The zero-order chi connectivity index (χ0) is 26.3. The number of likely N-dealkylation sites (N-methyl/N-ethyl adjacent to an activating group) is 1. The van der Waals surface area contributed by atoms with Crippen molar-refractivity contribution in [2.45, 2.75) is 70.1 Å². The zero-order valence-corrected chi connectivity index (χ0v) is 21.6. The van der Waals surface area contributed by atoms with Gasteiger partial charge in [0.2, 0.25) is 5.54 Å². The van der Waals surface area contributed by atoms with E-state index >= 15 is 0 Å². The minimum Gasteiger partial charge on any atom is -0.442 e. The van der Waals surface area contributed by atoms with Crippen molar-refractivity contribution in [3.63, 3.8) is 0 Å². The Kier molecular flexibility index (Phi) is 7.09. The minimum atomic E-state index is -3.58. The predicted molar refractivity (Wildman–Crippen MR) is 123 cm³/mol. The van der Waals surface area contributed by atoms with Gasteiger partial charge in [0.15, 0.2) is 9.84 Å². The van der Waals surface area contributed by atoms with Crippen molar-refractivity contribution in [3.05, 3.63) is 29.8 Å². The van der Waals surface area contributed by atoms with Crippen LogP contribution in [0.4, 0.5) is 9.59 Å². The van der Waals surface area contributed by atoms with E-state index in [9.17, 15) is 22.8 Å². The molecule has 188 valence electrons. The molecule has 0 bridgehead atoms. The third-order valence-corrected chi connectivity index (χ3v) is 5.59. The number of amides is 2. The standard InChI is InChI=1S/C22H31N3O8S/c1-20(2,3)31-18(27)25(33-19(28)32-21(4,5)6)22(7)16(23-24(8)17(22)26)14-11-10-12-15(13-14)34(9,29)30/h10-13H,1-9H3. The second-order valence-corrected chi connectivity index (χ2v) is 12.0. The van der Waals surface area contributed by atoms with E-state index in [1.807, 2.05) is 0 Å². The molecule has 0 saturated carbocycles. The number of sulfone groups is 1. The van der Waals surface area contributed by atoms with Crippen molar-refractivity contribution >= 4 is 33.7 Å². The minimum absolute atomic E-state index is 0.0195. The SMILES string of the molecule is CN1N=C(c2cccc(S(C)(=O)=O)c2)C(C)(N(OC(=O)OC(C)(C)C)C(=O)OC(C)(C)C)C1=O. The molecule has 0 radical (unpaired) electrons. The van der Waals surface area contributed by atoms with Gasteiger partial charge < -0.3 is 9.47 Å². The number of hydroxylamine groups is 2. The highest BCUT2D eigenvalue weighted by molar-refractivity contribution is 7.90. The van der Waals surface area contributed by atoms with Crippen molar-refractivity contribution in [2.75, 3.05) is 13.3 Å². The van der Waals surface area contributed by atoms with Gasteiger partial charge in [-0.15, -0.1) is 5.06 Å². The molecule has 1 aliphatic heterocycles. The summed E-state index contributed by atoms with van der Waals surface area (Å²) in [5, 5.41) is 5.67. The summed E-state index contributed by atoms with van der Waals surface area (Å²) in [7, 11) is -2.23. The molecule has 0 saturated heterocycles. The number of hydrazone groups is 1. The Balaban J connectivity index is 2.65. The van der Waals surface area contributed by atoms with E-state index in [1.54, 1.807) is 41.5 Å². The lowest BCUT2D eigenvalue weighted by Crippen LogP contribution is -2.61. The van der Waals surface area contributed by atoms with E-state index in [0.717, 1.165) is 11.3 Å². The van der Waals surface area contributed by atoms with E-state index < -0.39 is 44.7 Å². The van der Waals surface area contributed by atoms with Gasteiger partial charge in [0.05, 0.1) is 4.90 Å². The van der Waals surface area contributed by atoms with Crippen LogP contribution in [0.3, 0.4) is 0 Å². The van der Waals surface area contributed by atoms with Crippen LogP contribution in [0.15, 0.2) is 34.3 Å². The number of rotatable bonds is 3. The number of ether oxygens (including phenoxy) is 2. The lowest BCUT2D eigenvalue weighted by atomic mass is 9.90. The predicted octanol–water partition coefficient (Wildman–Crippen LogP) is 3.13. The van der Waals surface area contributed by atoms with E-state index in [0.29, 0.717) is 5.06 Å². The number of nitrogens with zero attached hydrogens (tertiary/aromatic N) is 3. The van der Waals surface area contributed by atoms with E-state index in [1.165, 1.54) is 38.2 Å². The van der Waals surface area contributed by atoms with Crippen LogP contribution in [0.1, 0.15) is 54.0 Å². The first-order valence-corrected chi connectivity index (χ1v) is 12.3. The van der Waals surface area contributed by atoms with Crippen LogP contribution in [0, 0.1) is 0 Å². The molecule has 1 aromatic rings. The molecule has 0 N–H and O–H groups in total. The number of hydrogen-bond acceptors (Lipinski definition) is 9. The highest BCUT2D eigenvalue weighted by Crippen LogP contribution is 2.33. The fraction of sp³-hybridized carbons (Fsp3) is 0.545. The first-order chi connectivity index (χ1) is 15.3. The molecular weight excluding hydrogens is 466 g/mol. The van der Waals surface area contributed by atoms with Gasteiger partial charge in [-0.1, -0.05) is 12.1 Å². The van der Waals surface area contributed by atoms with Gasteiger partial charge in [0.25, 0.3) is 5.91 Å². The third-order valence-electron chi connectivity index (χ3n) is 4.48. The molecule has 2 rings (SSSR count). The summed E-state index contributed by atoms with van der Waals surface area (Å²) < 4.78 is 34.7. The number of carbonyl (C=O) groups is 3. The summed E-state index contributed by atoms with van der Waals surface area (Å²) in [5.41, 5.74) is -3.74. The molecule has 2 amide bonds. The van der Waals surface area contributed by atoms with Gasteiger partial charge in [0.1, 0.15) is 16.9 Å². The Morgan fingerprint density at radius 3 is 2.12 bits per heavy atom. The summed E-state index contributed by atoms with van der Waals surface area (Å²) in [6, 6.07) is 5.71. The lowest BCUT2D eigenvalue weighted by Gasteiger charge is -2.36. The lowest BCUT2D eigenvalue weighted by molar-refractivity contribution is -0.176. The van der Waals surface area contributed by atoms with Crippen LogP contribution in [-0.4, -0.2) is 72.4 Å². The van der Waals surface area contributed by atoms with Crippen LogP contribution < -0.4 is 0 Å². The Hall–Kier alpha value is -3.15. The highest BCUT2D eigenvalue weighted by atomic mass is 32.2. The third kappa shape index (κ3) is 6.04. The van der Waals surface area contributed by atoms with Crippen LogP contribution in [0.5, 0.6) is 0 Å². The first-order valence-electron chi connectivity index (χ1n) is 10.4. The average molecular weight is 498 g/mol. The fourth-order valence-electron chi connectivity index (χ4n) is 3.06. The van der Waals surface area contributed by atoms with Crippen molar-refractivity contribution in [1.82, 2.24) is 10.1 Å². The molecule has 0 fully saturated rings. The summed E-state index contributed by atoms with van der Waals surface area (Å²) in [6.45, 7) is 10.9. The Morgan fingerprint density at radius 1 is 1.06 bits per heavy atom. The average Bonchev–Trinajstić information content (AvgIpc) is 2.87. The second-order valence-electron chi connectivity index (χ2n) is 9.98. The summed E-state index contributed by atoms with van der Waals surface area (Å²) in [6.07, 6.45) is -1.35. The van der Waals surface area contributed by atoms with Gasteiger partial charge in [-0.3, -0.25) is 9.63 Å². The van der Waals surface area contributed by atoms with Crippen LogP contribution in [0.25, 0.3) is 0 Å². The topological polar surface area (TPSA) is 132 Å². The van der Waals surface area contributed by atoms with Crippen molar-refractivity contribution in [2.24, 2.45) is 5.10 Å². The van der Waals surface area contributed by atoms with Crippen LogP contribution in [-0.2, 0) is 28.9 Å². The maximum Gasteiger partial charge on any atom is 0.534 e. The Morgan fingerprint density at radius 2 is 1.62 bits per heavy atom. The van der Waals surface area contributed by atoms with E-state index in [-0.39, 0.29) is 16.2 Å². The molecule has 1 heterocycles. The van der Waals surface area contributed by atoms with Crippen LogP contribution in [0.2, 0.25) is 0 Å². The monoisotopic (exact) mass is 497 g/mol. The van der Waals surface area contributed by atoms with Gasteiger partial charge in [-0.05, 0) is 60.6 Å². The first kappa shape index (κ1) is 27.1. The summed E-state index contributed by atoms with van der Waals surface area (Å²) in [4.78, 5) is 44.2. The summed E-state index contributed by atoms with van der Waals surface area (Å²) >= 11 is 0. The van der Waals surface area contributed by atoms with Gasteiger partial charge in [-0.25, -0.2) is 23.0 Å². The molecule has 34 heavy (non-hydrogen) atoms. The molecule has 1 atom stereocenters. The van der Waals surface area contributed by atoms with Crippen molar-refractivity contribution < 1.29 is 37.1 Å². The number of carbonyl (C=O) groups excluding carboxylic acids is 3. The Labute approximate surface area is 199 Å². The Bertz CT molecular complexity index is 1130. The molecule has 1 aliphatic rings. The second kappa shape index (κ2) is 8.90. The van der Waals surface area contributed by atoms with Gasteiger partial charge >= 0.3 is 12.2 Å². The number of hydrogen-bond donors (Lipinski definition) is 0. The van der Waals surface area contributed by atoms with E-state index in [2.05, 4.69) is 5.10 Å².